The standard InChI is InChI=1S/C19H19F3N4O4S/c1-2-30-19-12-8-11(10-23-18(12)24-25-19)9-15(27)16-13(21)4-5-14(17(16)22)26-31(28,29)7-3-6-20/h4-5,8,10,26H,2-3,6-7,9H2,1H3,(H,23,24,25). The summed E-state index contributed by atoms with van der Waals surface area (Å²) in [5.41, 5.74) is -0.706. The highest BCUT2D eigenvalue weighted by Crippen LogP contribution is 2.26. The fraction of sp³-hybridized carbons (Fsp3) is 0.316. The number of benzene rings is 1. The zero-order valence-corrected chi connectivity index (χ0v) is 17.2. The number of aromatic amines is 1. The van der Waals surface area contributed by atoms with Crippen molar-refractivity contribution in [1.82, 2.24) is 15.2 Å². The van der Waals surface area contributed by atoms with Crippen LogP contribution < -0.4 is 9.46 Å². The number of hydrogen-bond donors (Lipinski definition) is 2. The van der Waals surface area contributed by atoms with Gasteiger partial charge in [0.1, 0.15) is 5.82 Å². The number of hydrogen-bond acceptors (Lipinski definition) is 6. The van der Waals surface area contributed by atoms with Crippen LogP contribution in [-0.4, -0.2) is 48.4 Å². The molecular formula is C19H19F3N4O4S. The van der Waals surface area contributed by atoms with E-state index in [2.05, 4.69) is 15.2 Å². The molecule has 1 aromatic carbocycles. The number of pyridine rings is 1. The first-order valence-electron chi connectivity index (χ1n) is 9.29. The van der Waals surface area contributed by atoms with Crippen molar-refractivity contribution >= 4 is 32.5 Å². The molecule has 8 nitrogen and oxygen atoms in total. The smallest absolute Gasteiger partial charge is 0.242 e. The number of sulfonamides is 1. The summed E-state index contributed by atoms with van der Waals surface area (Å²) in [6.45, 7) is 1.26. The Morgan fingerprint density at radius 1 is 1.29 bits per heavy atom. The highest BCUT2D eigenvalue weighted by Gasteiger charge is 2.23. The van der Waals surface area contributed by atoms with Crippen molar-refractivity contribution in [3.05, 3.63) is 47.2 Å². The summed E-state index contributed by atoms with van der Waals surface area (Å²) in [6.07, 6.45) is 0.677. The first-order chi connectivity index (χ1) is 14.8. The molecule has 0 unspecified atom stereocenters. The van der Waals surface area contributed by atoms with Crippen LogP contribution in [0.4, 0.5) is 18.9 Å². The lowest BCUT2D eigenvalue weighted by atomic mass is 10.0. The molecule has 2 N–H and O–H groups in total. The van der Waals surface area contributed by atoms with E-state index in [1.54, 1.807) is 13.0 Å². The Morgan fingerprint density at radius 2 is 2.06 bits per heavy atom. The Labute approximate surface area is 175 Å². The number of nitrogens with one attached hydrogen (secondary N) is 2. The number of carbonyl (C=O) groups excluding carboxylic acids is 1. The second kappa shape index (κ2) is 9.33. The van der Waals surface area contributed by atoms with Crippen molar-refractivity contribution in [3.63, 3.8) is 0 Å². The molecule has 0 radical (unpaired) electrons. The van der Waals surface area contributed by atoms with Crippen molar-refractivity contribution in [2.45, 2.75) is 19.8 Å². The third kappa shape index (κ3) is 5.13. The minimum absolute atomic E-state index is 0.279. The van der Waals surface area contributed by atoms with Crippen molar-refractivity contribution in [1.29, 1.82) is 0 Å². The van der Waals surface area contributed by atoms with Gasteiger partial charge in [-0.15, -0.1) is 5.10 Å². The number of H-pyrrole nitrogens is 1. The van der Waals surface area contributed by atoms with Gasteiger partial charge in [0.15, 0.2) is 17.2 Å². The van der Waals surface area contributed by atoms with Gasteiger partial charge in [-0.2, -0.15) is 0 Å². The predicted molar refractivity (Wildman–Crippen MR) is 107 cm³/mol. The van der Waals surface area contributed by atoms with E-state index in [-0.39, 0.29) is 12.3 Å². The maximum atomic E-state index is 14.8. The summed E-state index contributed by atoms with van der Waals surface area (Å²) in [4.78, 5) is 16.8. The molecule has 31 heavy (non-hydrogen) atoms. The molecule has 0 aliphatic rings. The van der Waals surface area contributed by atoms with E-state index in [9.17, 15) is 26.4 Å². The molecule has 0 amide bonds. The molecule has 0 atom stereocenters. The third-order valence-corrected chi connectivity index (χ3v) is 5.62. The maximum Gasteiger partial charge on any atom is 0.242 e. The van der Waals surface area contributed by atoms with Gasteiger partial charge in [0.05, 0.1) is 35.7 Å². The molecule has 0 aliphatic heterocycles. The molecule has 0 aliphatic carbocycles. The van der Waals surface area contributed by atoms with E-state index in [1.165, 1.54) is 6.20 Å². The Hall–Kier alpha value is -3.15. The summed E-state index contributed by atoms with van der Waals surface area (Å²) >= 11 is 0. The zero-order chi connectivity index (χ0) is 22.6. The Balaban J connectivity index is 1.88. The van der Waals surface area contributed by atoms with Crippen LogP contribution in [-0.2, 0) is 16.4 Å². The minimum atomic E-state index is -4.06. The summed E-state index contributed by atoms with van der Waals surface area (Å²) in [6, 6.07) is 3.21. The van der Waals surface area contributed by atoms with Gasteiger partial charge in [-0.05, 0) is 37.1 Å². The Kier molecular flexibility index (Phi) is 6.78. The van der Waals surface area contributed by atoms with Crippen molar-refractivity contribution < 1.29 is 31.1 Å². The largest absolute Gasteiger partial charge is 0.476 e. The maximum absolute atomic E-state index is 14.8. The van der Waals surface area contributed by atoms with E-state index >= 15 is 0 Å². The third-order valence-electron chi connectivity index (χ3n) is 4.27. The summed E-state index contributed by atoms with van der Waals surface area (Å²) in [5, 5.41) is 7.13. The molecule has 12 heteroatoms. The van der Waals surface area contributed by atoms with E-state index in [1.807, 2.05) is 4.72 Å². The summed E-state index contributed by atoms with van der Waals surface area (Å²) in [7, 11) is -4.06. The number of aromatic nitrogens is 3. The predicted octanol–water partition coefficient (Wildman–Crippen LogP) is 3.16. The first kappa shape index (κ1) is 22.5. The van der Waals surface area contributed by atoms with Crippen LogP contribution in [0.1, 0.15) is 29.3 Å². The van der Waals surface area contributed by atoms with Gasteiger partial charge in [-0.1, -0.05) is 0 Å². The second-order valence-electron chi connectivity index (χ2n) is 6.55. The number of Topliss-reactive ketones (excluding diaryl/α,β-unsaturated/α-hetero) is 1. The average Bonchev–Trinajstić information content (AvgIpc) is 3.11. The SMILES string of the molecule is CCOc1n[nH]c2ncc(CC(=O)c3c(F)ccc(NS(=O)(=O)CCCF)c3F)cc12. The number of carbonyl (C=O) groups is 1. The summed E-state index contributed by atoms with van der Waals surface area (Å²) in [5.74, 6) is -3.70. The van der Waals surface area contributed by atoms with Crippen LogP contribution in [0, 0.1) is 11.6 Å². The van der Waals surface area contributed by atoms with Gasteiger partial charge in [-0.3, -0.25) is 19.0 Å². The van der Waals surface area contributed by atoms with Crippen LogP contribution in [0.15, 0.2) is 24.4 Å². The van der Waals surface area contributed by atoms with Gasteiger partial charge in [0, 0.05) is 12.6 Å². The molecule has 0 saturated carbocycles. The van der Waals surface area contributed by atoms with Gasteiger partial charge in [0.25, 0.3) is 0 Å². The van der Waals surface area contributed by atoms with Crippen molar-refractivity contribution in [3.8, 4) is 5.88 Å². The van der Waals surface area contributed by atoms with E-state index in [4.69, 9.17) is 4.74 Å². The number of ketones is 1. The fourth-order valence-electron chi connectivity index (χ4n) is 2.89. The first-order valence-corrected chi connectivity index (χ1v) is 10.9. The van der Waals surface area contributed by atoms with Gasteiger partial charge in [0.2, 0.25) is 15.9 Å². The molecule has 3 aromatic rings. The van der Waals surface area contributed by atoms with Crippen LogP contribution in [0.25, 0.3) is 11.0 Å². The molecule has 2 aromatic heterocycles. The fourth-order valence-corrected chi connectivity index (χ4v) is 3.98. The number of anilines is 1. The lowest BCUT2D eigenvalue weighted by Crippen LogP contribution is -2.19. The highest BCUT2D eigenvalue weighted by atomic mass is 32.2. The van der Waals surface area contributed by atoms with E-state index in [0.717, 1.165) is 12.1 Å². The lowest BCUT2D eigenvalue weighted by Gasteiger charge is -2.11. The normalized spacial score (nSPS) is 11.6. The number of fused-ring (bicyclic) bond motifs is 1. The van der Waals surface area contributed by atoms with Crippen LogP contribution in [0.5, 0.6) is 5.88 Å². The molecule has 2 heterocycles. The van der Waals surface area contributed by atoms with Gasteiger partial charge < -0.3 is 4.74 Å². The second-order valence-corrected chi connectivity index (χ2v) is 8.39. The van der Waals surface area contributed by atoms with Gasteiger partial charge >= 0.3 is 0 Å². The van der Waals surface area contributed by atoms with Crippen molar-refractivity contribution in [2.24, 2.45) is 0 Å². The monoisotopic (exact) mass is 456 g/mol. The lowest BCUT2D eigenvalue weighted by molar-refractivity contribution is 0.0985. The number of halogens is 3. The number of rotatable bonds is 10. The van der Waals surface area contributed by atoms with Crippen LogP contribution >= 0.6 is 0 Å². The summed E-state index contributed by atoms with van der Waals surface area (Å²) < 4.78 is 72.4. The molecule has 0 bridgehead atoms. The molecule has 3 rings (SSSR count). The Bertz CT molecular complexity index is 1210. The van der Waals surface area contributed by atoms with Crippen molar-refractivity contribution in [2.75, 3.05) is 23.8 Å². The molecule has 0 saturated heterocycles. The van der Waals surface area contributed by atoms with E-state index in [0.29, 0.717) is 23.2 Å². The number of nitrogens with zero attached hydrogens (tertiary/aromatic N) is 2. The quantitative estimate of drug-likeness (QED) is 0.453. The zero-order valence-electron chi connectivity index (χ0n) is 16.4. The number of alkyl halides is 1. The average molecular weight is 456 g/mol. The molecule has 166 valence electrons. The highest BCUT2D eigenvalue weighted by molar-refractivity contribution is 7.92. The molecule has 0 spiro atoms. The van der Waals surface area contributed by atoms with Crippen LogP contribution in [0.2, 0.25) is 0 Å². The van der Waals surface area contributed by atoms with Crippen LogP contribution in [0.3, 0.4) is 0 Å². The topological polar surface area (TPSA) is 114 Å². The number of ether oxygens (including phenoxy) is 1. The van der Waals surface area contributed by atoms with Gasteiger partial charge in [-0.25, -0.2) is 22.2 Å². The minimum Gasteiger partial charge on any atom is -0.476 e. The molecule has 0 fully saturated rings. The van der Waals surface area contributed by atoms with E-state index < -0.39 is 57.5 Å². The Morgan fingerprint density at radius 3 is 2.77 bits per heavy atom. The molecular weight excluding hydrogens is 437 g/mol.